The van der Waals surface area contributed by atoms with Crippen LogP contribution in [0.1, 0.15) is 36.4 Å². The molecule has 144 valence electrons. The van der Waals surface area contributed by atoms with Crippen molar-refractivity contribution < 1.29 is 31.9 Å². The number of halogens is 3. The van der Waals surface area contributed by atoms with Crippen molar-refractivity contribution in [2.24, 2.45) is 5.41 Å². The number of ether oxygens (including phenoxy) is 1. The van der Waals surface area contributed by atoms with E-state index in [1.807, 2.05) is 6.07 Å². The van der Waals surface area contributed by atoms with E-state index in [9.17, 15) is 28.0 Å². The lowest BCUT2D eigenvalue weighted by Crippen LogP contribution is -2.57. The quantitative estimate of drug-likeness (QED) is 0.746. The number of hydrogen-bond acceptors (Lipinski definition) is 5. The van der Waals surface area contributed by atoms with Gasteiger partial charge in [-0.25, -0.2) is 0 Å². The number of ketones is 1. The maximum absolute atomic E-state index is 13.0. The summed E-state index contributed by atoms with van der Waals surface area (Å²) in [6, 6.07) is 2.83. The normalized spacial score (nSPS) is 25.3. The van der Waals surface area contributed by atoms with Crippen LogP contribution in [0.2, 0.25) is 0 Å². The Morgan fingerprint density at radius 1 is 1.37 bits per heavy atom. The fourth-order valence-corrected chi connectivity index (χ4v) is 3.70. The van der Waals surface area contributed by atoms with Crippen molar-refractivity contribution in [1.29, 1.82) is 5.26 Å². The summed E-state index contributed by atoms with van der Waals surface area (Å²) in [4.78, 5) is 26.2. The fraction of sp³-hybridized carbons (Fsp3) is 0.500. The summed E-state index contributed by atoms with van der Waals surface area (Å²) < 4.78 is 49.3. The highest BCUT2D eigenvalue weighted by molar-refractivity contribution is 6.04. The predicted octanol–water partition coefficient (Wildman–Crippen LogP) is 2.96. The smallest absolute Gasteiger partial charge is 0.450 e. The molecule has 1 aromatic rings. The Morgan fingerprint density at radius 2 is 2.07 bits per heavy atom. The Bertz CT molecular complexity index is 863. The van der Waals surface area contributed by atoms with Crippen LogP contribution in [0.3, 0.4) is 0 Å². The van der Waals surface area contributed by atoms with E-state index in [0.29, 0.717) is 0 Å². The van der Waals surface area contributed by atoms with Crippen molar-refractivity contribution in [2.45, 2.75) is 32.0 Å². The summed E-state index contributed by atoms with van der Waals surface area (Å²) in [7, 11) is 0. The minimum Gasteiger partial charge on any atom is -0.459 e. The summed E-state index contributed by atoms with van der Waals surface area (Å²) in [6.45, 7) is 3.44. The first kappa shape index (κ1) is 19.2. The molecule has 2 heterocycles. The van der Waals surface area contributed by atoms with Crippen LogP contribution in [0, 0.1) is 16.7 Å². The number of Topliss-reactive ketones (excluding diaryl/α,β-unsaturated/α-hetero) is 1. The molecule has 0 N–H and O–H groups in total. The maximum atomic E-state index is 13.0. The first-order chi connectivity index (χ1) is 12.5. The molecule has 0 aromatic carbocycles. The molecule has 0 bridgehead atoms. The van der Waals surface area contributed by atoms with Crippen molar-refractivity contribution in [2.75, 3.05) is 19.7 Å². The van der Waals surface area contributed by atoms with Gasteiger partial charge in [0.1, 0.15) is 11.7 Å². The molecule has 27 heavy (non-hydrogen) atoms. The number of amides is 1. The van der Waals surface area contributed by atoms with Gasteiger partial charge in [0.15, 0.2) is 5.78 Å². The third-order valence-corrected chi connectivity index (χ3v) is 4.78. The number of rotatable bonds is 1. The van der Waals surface area contributed by atoms with Gasteiger partial charge >= 0.3 is 6.18 Å². The van der Waals surface area contributed by atoms with Gasteiger partial charge in [-0.3, -0.25) is 9.59 Å². The number of hydrogen-bond donors (Lipinski definition) is 0. The van der Waals surface area contributed by atoms with E-state index in [4.69, 9.17) is 4.74 Å². The van der Waals surface area contributed by atoms with Gasteiger partial charge in [0.25, 0.3) is 5.91 Å². The topological polar surface area (TPSA) is 83.5 Å². The number of nitriles is 1. The summed E-state index contributed by atoms with van der Waals surface area (Å²) in [5, 5.41) is 9.25. The van der Waals surface area contributed by atoms with E-state index in [1.165, 1.54) is 11.0 Å². The number of carbonyl (C=O) groups excluding carboxylic acids is 2. The Morgan fingerprint density at radius 3 is 2.70 bits per heavy atom. The van der Waals surface area contributed by atoms with E-state index in [1.54, 1.807) is 13.8 Å². The Labute approximate surface area is 153 Å². The predicted molar refractivity (Wildman–Crippen MR) is 85.4 cm³/mol. The van der Waals surface area contributed by atoms with Gasteiger partial charge in [-0.15, -0.1) is 0 Å². The third-order valence-electron chi connectivity index (χ3n) is 4.78. The van der Waals surface area contributed by atoms with Gasteiger partial charge in [0.2, 0.25) is 5.76 Å². The summed E-state index contributed by atoms with van der Waals surface area (Å²) in [5.41, 5.74) is -2.63. The van der Waals surface area contributed by atoms with Gasteiger partial charge in [-0.1, -0.05) is 13.8 Å². The van der Waals surface area contributed by atoms with Crippen molar-refractivity contribution >= 4 is 11.7 Å². The minimum absolute atomic E-state index is 0.0593. The molecule has 1 atom stereocenters. The lowest BCUT2D eigenvalue weighted by molar-refractivity contribution is -0.153. The molecule has 1 fully saturated rings. The zero-order valence-corrected chi connectivity index (χ0v) is 14.7. The van der Waals surface area contributed by atoms with Gasteiger partial charge in [0.05, 0.1) is 30.6 Å². The summed E-state index contributed by atoms with van der Waals surface area (Å²) in [5.74, 6) is -2.50. The van der Waals surface area contributed by atoms with Crippen LogP contribution in [0.5, 0.6) is 0 Å². The standard InChI is InChI=1S/C18H17F3N2O4/c1-16(2)9-17(7-11(8-22)13(16)24)10-23(4-6-27-17)15(25)12-3-5-26-14(12)18(19,20)21/h3,5,7H,4,6,9-10H2,1-2H3. The van der Waals surface area contributed by atoms with Gasteiger partial charge in [0, 0.05) is 12.0 Å². The third kappa shape index (κ3) is 3.37. The van der Waals surface area contributed by atoms with E-state index in [0.717, 1.165) is 12.3 Å². The lowest BCUT2D eigenvalue weighted by atomic mass is 9.69. The molecule has 0 radical (unpaired) electrons. The SMILES string of the molecule is CC1(C)CC2(C=C(C#N)C1=O)CN(C(=O)c1ccoc1C(F)(F)F)CCO2. The Hall–Kier alpha value is -2.60. The maximum Gasteiger partial charge on any atom is 0.450 e. The van der Waals surface area contributed by atoms with E-state index in [2.05, 4.69) is 4.42 Å². The zero-order chi connectivity index (χ0) is 20.0. The van der Waals surface area contributed by atoms with Crippen molar-refractivity contribution in [3.63, 3.8) is 0 Å². The highest BCUT2D eigenvalue weighted by atomic mass is 19.4. The highest BCUT2D eigenvalue weighted by Gasteiger charge is 2.49. The van der Waals surface area contributed by atoms with E-state index >= 15 is 0 Å². The minimum atomic E-state index is -4.79. The van der Waals surface area contributed by atoms with Crippen LogP contribution in [-0.4, -0.2) is 41.9 Å². The number of carbonyl (C=O) groups is 2. The number of morpholine rings is 1. The van der Waals surface area contributed by atoms with Gasteiger partial charge in [-0.05, 0) is 18.6 Å². The Balaban J connectivity index is 1.92. The van der Waals surface area contributed by atoms with Crippen LogP contribution < -0.4 is 0 Å². The van der Waals surface area contributed by atoms with Crippen molar-refractivity contribution in [3.05, 3.63) is 35.3 Å². The van der Waals surface area contributed by atoms with Crippen molar-refractivity contribution in [3.8, 4) is 6.07 Å². The summed E-state index contributed by atoms with van der Waals surface area (Å²) in [6.07, 6.45) is -2.36. The Kier molecular flexibility index (Phi) is 4.43. The van der Waals surface area contributed by atoms with E-state index in [-0.39, 0.29) is 37.5 Å². The fourth-order valence-electron chi connectivity index (χ4n) is 3.70. The number of nitrogens with zero attached hydrogens (tertiary/aromatic N) is 2. The molecule has 0 saturated carbocycles. The second kappa shape index (κ2) is 6.23. The zero-order valence-electron chi connectivity index (χ0n) is 14.7. The van der Waals surface area contributed by atoms with Crippen LogP contribution in [-0.2, 0) is 15.7 Å². The monoisotopic (exact) mass is 382 g/mol. The molecule has 1 aliphatic carbocycles. The molecule has 9 heteroatoms. The van der Waals surface area contributed by atoms with E-state index < -0.39 is 34.4 Å². The first-order valence-electron chi connectivity index (χ1n) is 8.25. The first-order valence-corrected chi connectivity index (χ1v) is 8.25. The lowest BCUT2D eigenvalue weighted by Gasteiger charge is -2.46. The molecule has 3 rings (SSSR count). The molecule has 1 spiro atoms. The molecule has 1 unspecified atom stereocenters. The van der Waals surface area contributed by atoms with Gasteiger partial charge < -0.3 is 14.1 Å². The molecule has 6 nitrogen and oxygen atoms in total. The van der Waals surface area contributed by atoms with Gasteiger partial charge in [-0.2, -0.15) is 18.4 Å². The van der Waals surface area contributed by atoms with Crippen LogP contribution in [0.25, 0.3) is 0 Å². The molecular formula is C18H17F3N2O4. The highest BCUT2D eigenvalue weighted by Crippen LogP contribution is 2.42. The number of alkyl halides is 3. The van der Waals surface area contributed by atoms with Crippen molar-refractivity contribution in [1.82, 2.24) is 4.90 Å². The largest absolute Gasteiger partial charge is 0.459 e. The molecule has 1 aliphatic heterocycles. The molecule has 2 aliphatic rings. The average molecular weight is 382 g/mol. The molecule has 1 saturated heterocycles. The average Bonchev–Trinajstić information content (AvgIpc) is 3.07. The van der Waals surface area contributed by atoms with Crippen LogP contribution >= 0.6 is 0 Å². The second-order valence-electron chi connectivity index (χ2n) is 7.36. The molecule has 1 aromatic heterocycles. The molecular weight excluding hydrogens is 365 g/mol. The number of allylic oxidation sites excluding steroid dienone is 1. The van der Waals surface area contributed by atoms with Crippen LogP contribution in [0.4, 0.5) is 13.2 Å². The molecule has 1 amide bonds. The summed E-state index contributed by atoms with van der Waals surface area (Å²) >= 11 is 0. The van der Waals surface area contributed by atoms with Crippen LogP contribution in [0.15, 0.2) is 28.4 Å². The second-order valence-corrected chi connectivity index (χ2v) is 7.36. The number of furan rings is 1.